The minimum absolute atomic E-state index is 0.328. The smallest absolute Gasteiger partial charge is 0.341 e. The number of nitrogens with zero attached hydrogens (tertiary/aromatic N) is 2. The first kappa shape index (κ1) is 13.1. The lowest BCUT2D eigenvalue weighted by molar-refractivity contribution is 0.0594. The van der Waals surface area contributed by atoms with Gasteiger partial charge in [-0.1, -0.05) is 6.92 Å². The van der Waals surface area contributed by atoms with Crippen molar-refractivity contribution in [2.24, 2.45) is 0 Å². The van der Waals surface area contributed by atoms with Crippen LogP contribution in [0.4, 0.5) is 0 Å². The average molecular weight is 252 g/mol. The van der Waals surface area contributed by atoms with Crippen LogP contribution in [0.15, 0.2) is 16.7 Å². The van der Waals surface area contributed by atoms with Crippen molar-refractivity contribution in [1.82, 2.24) is 9.80 Å². The van der Waals surface area contributed by atoms with E-state index in [4.69, 9.17) is 9.15 Å². The fourth-order valence-corrected chi connectivity index (χ4v) is 2.22. The van der Waals surface area contributed by atoms with E-state index in [1.807, 2.05) is 0 Å². The summed E-state index contributed by atoms with van der Waals surface area (Å²) in [7, 11) is 1.39. The van der Waals surface area contributed by atoms with Crippen molar-refractivity contribution in [1.29, 1.82) is 0 Å². The number of piperazine rings is 1. The second-order valence-corrected chi connectivity index (χ2v) is 4.46. The van der Waals surface area contributed by atoms with Crippen LogP contribution >= 0.6 is 0 Å². The minimum Gasteiger partial charge on any atom is -0.467 e. The lowest BCUT2D eigenvalue weighted by Crippen LogP contribution is -2.45. The Balaban J connectivity index is 1.94. The molecule has 5 nitrogen and oxygen atoms in total. The number of esters is 1. The van der Waals surface area contributed by atoms with E-state index < -0.39 is 0 Å². The minimum atomic E-state index is -0.328. The normalized spacial score (nSPS) is 17.9. The van der Waals surface area contributed by atoms with E-state index in [0.29, 0.717) is 17.9 Å². The van der Waals surface area contributed by atoms with Crippen molar-refractivity contribution < 1.29 is 13.9 Å². The van der Waals surface area contributed by atoms with E-state index >= 15 is 0 Å². The van der Waals surface area contributed by atoms with E-state index in [2.05, 4.69) is 16.7 Å². The molecule has 0 unspecified atom stereocenters. The largest absolute Gasteiger partial charge is 0.467 e. The number of hydrogen-bond donors (Lipinski definition) is 0. The summed E-state index contributed by atoms with van der Waals surface area (Å²) in [6.45, 7) is 8.12. The van der Waals surface area contributed by atoms with Gasteiger partial charge in [0.15, 0.2) is 0 Å². The van der Waals surface area contributed by atoms with Gasteiger partial charge in [-0.25, -0.2) is 4.79 Å². The predicted octanol–water partition coefficient (Wildman–Crippen LogP) is 1.20. The SMILES string of the molecule is CCN1CCN(Cc2occc2C(=O)OC)CC1. The predicted molar refractivity (Wildman–Crippen MR) is 67.4 cm³/mol. The zero-order chi connectivity index (χ0) is 13.0. The third-order valence-electron chi connectivity index (χ3n) is 3.43. The molecule has 0 atom stereocenters. The molecule has 1 aromatic heterocycles. The number of furan rings is 1. The fourth-order valence-electron chi connectivity index (χ4n) is 2.22. The highest BCUT2D eigenvalue weighted by Crippen LogP contribution is 2.15. The Morgan fingerprint density at radius 3 is 2.61 bits per heavy atom. The molecule has 0 aliphatic carbocycles. The molecule has 5 heteroatoms. The number of likely N-dealkylation sites (N-methyl/N-ethyl adjacent to an activating group) is 1. The molecular weight excluding hydrogens is 232 g/mol. The summed E-state index contributed by atoms with van der Waals surface area (Å²) in [5.74, 6) is 0.373. The number of hydrogen-bond acceptors (Lipinski definition) is 5. The molecule has 0 aromatic carbocycles. The van der Waals surface area contributed by atoms with Gasteiger partial charge in [-0.2, -0.15) is 0 Å². The maximum atomic E-state index is 11.5. The van der Waals surface area contributed by atoms with Crippen molar-refractivity contribution in [2.45, 2.75) is 13.5 Å². The highest BCUT2D eigenvalue weighted by molar-refractivity contribution is 5.90. The molecule has 18 heavy (non-hydrogen) atoms. The summed E-state index contributed by atoms with van der Waals surface area (Å²) < 4.78 is 10.1. The van der Waals surface area contributed by atoms with Crippen LogP contribution in [0.1, 0.15) is 23.0 Å². The highest BCUT2D eigenvalue weighted by atomic mass is 16.5. The second-order valence-electron chi connectivity index (χ2n) is 4.46. The molecule has 0 saturated carbocycles. The molecule has 2 heterocycles. The lowest BCUT2D eigenvalue weighted by atomic mass is 10.2. The Morgan fingerprint density at radius 1 is 1.33 bits per heavy atom. The first-order chi connectivity index (χ1) is 8.74. The van der Waals surface area contributed by atoms with Crippen LogP contribution in [0.25, 0.3) is 0 Å². The Bertz CT molecular complexity index is 395. The average Bonchev–Trinajstić information content (AvgIpc) is 2.87. The first-order valence-corrected chi connectivity index (χ1v) is 6.34. The van der Waals surface area contributed by atoms with Crippen LogP contribution in [0.2, 0.25) is 0 Å². The maximum absolute atomic E-state index is 11.5. The number of rotatable bonds is 4. The van der Waals surface area contributed by atoms with Gasteiger partial charge in [0.2, 0.25) is 0 Å². The van der Waals surface area contributed by atoms with Gasteiger partial charge in [-0.15, -0.1) is 0 Å². The van der Waals surface area contributed by atoms with Gasteiger partial charge in [-0.3, -0.25) is 4.90 Å². The third-order valence-corrected chi connectivity index (χ3v) is 3.43. The van der Waals surface area contributed by atoms with Gasteiger partial charge >= 0.3 is 5.97 Å². The van der Waals surface area contributed by atoms with Crippen LogP contribution in [0.5, 0.6) is 0 Å². The molecule has 1 aliphatic rings. The Morgan fingerprint density at radius 2 is 2.00 bits per heavy atom. The van der Waals surface area contributed by atoms with Crippen molar-refractivity contribution in [3.05, 3.63) is 23.7 Å². The topological polar surface area (TPSA) is 45.9 Å². The Kier molecular flexibility index (Phi) is 4.38. The summed E-state index contributed by atoms with van der Waals surface area (Å²) in [6.07, 6.45) is 1.55. The summed E-state index contributed by atoms with van der Waals surface area (Å²) in [4.78, 5) is 16.2. The molecule has 0 amide bonds. The number of methoxy groups -OCH3 is 1. The van der Waals surface area contributed by atoms with Crippen molar-refractivity contribution in [2.75, 3.05) is 39.8 Å². The molecule has 0 N–H and O–H groups in total. The number of carbonyl (C=O) groups excluding carboxylic acids is 1. The number of carbonyl (C=O) groups is 1. The van der Waals surface area contributed by atoms with E-state index in [-0.39, 0.29) is 5.97 Å². The molecular formula is C13H20N2O3. The lowest BCUT2D eigenvalue weighted by Gasteiger charge is -2.33. The van der Waals surface area contributed by atoms with Crippen LogP contribution in [-0.4, -0.2) is 55.6 Å². The summed E-state index contributed by atoms with van der Waals surface area (Å²) in [5, 5.41) is 0. The quantitative estimate of drug-likeness (QED) is 0.754. The summed E-state index contributed by atoms with van der Waals surface area (Å²) in [6, 6.07) is 1.67. The molecule has 0 spiro atoms. The van der Waals surface area contributed by atoms with Gasteiger partial charge in [0.05, 0.1) is 19.9 Å². The molecule has 2 rings (SSSR count). The van der Waals surface area contributed by atoms with E-state index in [1.165, 1.54) is 7.11 Å². The fraction of sp³-hybridized carbons (Fsp3) is 0.615. The van der Waals surface area contributed by atoms with Crippen molar-refractivity contribution >= 4 is 5.97 Å². The van der Waals surface area contributed by atoms with Gasteiger partial charge in [-0.05, 0) is 12.6 Å². The first-order valence-electron chi connectivity index (χ1n) is 6.34. The summed E-state index contributed by atoms with van der Waals surface area (Å²) >= 11 is 0. The highest BCUT2D eigenvalue weighted by Gasteiger charge is 2.20. The summed E-state index contributed by atoms with van der Waals surface area (Å²) in [5.41, 5.74) is 0.537. The zero-order valence-corrected chi connectivity index (χ0v) is 11.0. The maximum Gasteiger partial charge on any atom is 0.341 e. The standard InChI is InChI=1S/C13H20N2O3/c1-3-14-5-7-15(8-6-14)10-12-11(4-9-18-12)13(16)17-2/h4,9H,3,5-8,10H2,1-2H3. The molecule has 100 valence electrons. The Labute approximate surface area is 107 Å². The molecule has 1 aliphatic heterocycles. The van der Waals surface area contributed by atoms with Crippen molar-refractivity contribution in [3.63, 3.8) is 0 Å². The van der Waals surface area contributed by atoms with Crippen LogP contribution in [-0.2, 0) is 11.3 Å². The van der Waals surface area contributed by atoms with E-state index in [9.17, 15) is 4.79 Å². The Hall–Kier alpha value is -1.33. The van der Waals surface area contributed by atoms with Crippen LogP contribution < -0.4 is 0 Å². The van der Waals surface area contributed by atoms with E-state index in [0.717, 1.165) is 32.7 Å². The van der Waals surface area contributed by atoms with Crippen LogP contribution in [0.3, 0.4) is 0 Å². The molecule has 1 saturated heterocycles. The van der Waals surface area contributed by atoms with Gasteiger partial charge < -0.3 is 14.1 Å². The van der Waals surface area contributed by atoms with Gasteiger partial charge in [0, 0.05) is 26.2 Å². The third kappa shape index (κ3) is 2.91. The number of ether oxygens (including phenoxy) is 1. The molecule has 0 bridgehead atoms. The van der Waals surface area contributed by atoms with Crippen LogP contribution in [0, 0.1) is 0 Å². The van der Waals surface area contributed by atoms with Crippen molar-refractivity contribution in [3.8, 4) is 0 Å². The van der Waals surface area contributed by atoms with E-state index in [1.54, 1.807) is 12.3 Å². The molecule has 0 radical (unpaired) electrons. The molecule has 1 fully saturated rings. The van der Waals surface area contributed by atoms with Gasteiger partial charge in [0.25, 0.3) is 0 Å². The zero-order valence-electron chi connectivity index (χ0n) is 11.0. The van der Waals surface area contributed by atoms with Gasteiger partial charge in [0.1, 0.15) is 11.3 Å². The molecule has 1 aromatic rings. The second kappa shape index (κ2) is 6.02. The monoisotopic (exact) mass is 252 g/mol.